The van der Waals surface area contributed by atoms with E-state index in [-0.39, 0.29) is 44.2 Å². The molecule has 3 N–H and O–H groups in total. The van der Waals surface area contributed by atoms with E-state index in [1.54, 1.807) is 0 Å². The summed E-state index contributed by atoms with van der Waals surface area (Å²) in [5.41, 5.74) is 1.24. The first-order valence-electron chi connectivity index (χ1n) is 9.53. The van der Waals surface area contributed by atoms with Gasteiger partial charge < -0.3 is 24.7 Å². The van der Waals surface area contributed by atoms with Gasteiger partial charge in [-0.25, -0.2) is 9.59 Å². The first kappa shape index (κ1) is 24.0. The summed E-state index contributed by atoms with van der Waals surface area (Å²) in [4.78, 5) is 66.3. The van der Waals surface area contributed by atoms with E-state index in [1.165, 1.54) is 23.9 Å². The number of hydrogen-bond donors (Lipinski definition) is 3. The van der Waals surface area contributed by atoms with Crippen molar-refractivity contribution >= 4 is 29.6 Å². The summed E-state index contributed by atoms with van der Waals surface area (Å²) in [5, 5.41) is 11.5. The largest absolute Gasteiger partial charge is 0.469 e. The topological polar surface area (TPSA) is 175 Å². The van der Waals surface area contributed by atoms with E-state index in [0.29, 0.717) is 12.8 Å². The molecule has 0 unspecified atom stereocenters. The number of methoxy groups -OCH3 is 1. The van der Waals surface area contributed by atoms with Crippen LogP contribution in [0.15, 0.2) is 17.1 Å². The van der Waals surface area contributed by atoms with Gasteiger partial charge in [0.25, 0.3) is 5.91 Å². The smallest absolute Gasteiger partial charge is 0.351 e. The number of amides is 2. The van der Waals surface area contributed by atoms with E-state index in [1.807, 2.05) is 5.48 Å². The number of carbonyl (C=O) groups excluding carboxylic acids is 4. The van der Waals surface area contributed by atoms with Crippen molar-refractivity contribution in [2.24, 2.45) is 0 Å². The minimum atomic E-state index is -0.859. The number of carbonyl (C=O) groups is 4. The lowest BCUT2D eigenvalue weighted by Crippen LogP contribution is -2.29. The number of esters is 1. The second-order valence-corrected chi connectivity index (χ2v) is 6.60. The Bertz CT molecular complexity index is 870. The predicted molar refractivity (Wildman–Crippen MR) is 102 cm³/mol. The minimum Gasteiger partial charge on any atom is -0.469 e. The van der Waals surface area contributed by atoms with Crippen LogP contribution in [0.1, 0.15) is 44.8 Å². The van der Waals surface area contributed by atoms with Crippen molar-refractivity contribution in [3.05, 3.63) is 22.7 Å². The molecule has 0 radical (unpaired) electrons. The normalized spacial score (nSPS) is 17.6. The lowest BCUT2D eigenvalue weighted by atomic mass is 10.2. The van der Waals surface area contributed by atoms with Crippen LogP contribution in [0, 0.1) is 0 Å². The van der Waals surface area contributed by atoms with Crippen LogP contribution in [0.25, 0.3) is 0 Å². The van der Waals surface area contributed by atoms with Crippen molar-refractivity contribution in [2.45, 2.75) is 50.9 Å². The van der Waals surface area contributed by atoms with Crippen LogP contribution >= 0.6 is 0 Å². The monoisotopic (exact) mass is 440 g/mol. The first-order chi connectivity index (χ1) is 14.8. The van der Waals surface area contributed by atoms with Crippen LogP contribution in [-0.2, 0) is 33.5 Å². The molecular weight excluding hydrogens is 416 g/mol. The summed E-state index contributed by atoms with van der Waals surface area (Å²) in [7, 11) is 1.18. The molecule has 0 spiro atoms. The molecule has 0 saturated carbocycles. The molecule has 2 amide bonds. The molecule has 1 aromatic rings. The number of nitrogens with one attached hydrogen (secondary N) is 2. The highest BCUT2D eigenvalue weighted by Crippen LogP contribution is 2.26. The highest BCUT2D eigenvalue weighted by atomic mass is 16.7. The third-order valence-electron chi connectivity index (χ3n) is 4.32. The molecule has 2 heterocycles. The van der Waals surface area contributed by atoms with Gasteiger partial charge in [-0.3, -0.25) is 19.0 Å². The summed E-state index contributed by atoms with van der Waals surface area (Å²) in [6.07, 6.45) is 0.756. The second-order valence-electron chi connectivity index (χ2n) is 6.60. The second kappa shape index (κ2) is 11.8. The number of aromatic nitrogens is 2. The fraction of sp³-hybridized carbons (Fsp3) is 0.556. The van der Waals surface area contributed by atoms with Crippen molar-refractivity contribution < 1.29 is 38.6 Å². The van der Waals surface area contributed by atoms with Crippen LogP contribution in [0.5, 0.6) is 0 Å². The number of anilines is 1. The van der Waals surface area contributed by atoms with E-state index in [2.05, 4.69) is 19.9 Å². The highest BCUT2D eigenvalue weighted by molar-refractivity contribution is 5.91. The first-order valence-corrected chi connectivity index (χ1v) is 9.53. The molecule has 2 atom stereocenters. The van der Waals surface area contributed by atoms with Gasteiger partial charge in [0.2, 0.25) is 5.91 Å². The lowest BCUT2D eigenvalue weighted by molar-refractivity contribution is -0.159. The SMILES string of the molecule is COC(=O)CCC(=O)NOC(=O)CCC(=O)Nc1ccn([C@H]2CC[C@@H](CO)O2)c(=O)n1. The number of ether oxygens (including phenoxy) is 2. The van der Waals surface area contributed by atoms with E-state index >= 15 is 0 Å². The molecule has 170 valence electrons. The molecule has 1 aromatic heterocycles. The van der Waals surface area contributed by atoms with E-state index in [0.717, 1.165) is 0 Å². The Hall–Kier alpha value is -3.32. The zero-order valence-electron chi connectivity index (χ0n) is 16.9. The lowest BCUT2D eigenvalue weighted by Gasteiger charge is -2.14. The molecule has 31 heavy (non-hydrogen) atoms. The molecule has 1 fully saturated rings. The molecule has 1 aliphatic heterocycles. The van der Waals surface area contributed by atoms with Gasteiger partial charge in [0.15, 0.2) is 0 Å². The zero-order chi connectivity index (χ0) is 22.8. The van der Waals surface area contributed by atoms with E-state index in [4.69, 9.17) is 9.84 Å². The van der Waals surface area contributed by atoms with Gasteiger partial charge in [0, 0.05) is 19.0 Å². The molecule has 2 rings (SSSR count). The molecule has 13 nitrogen and oxygen atoms in total. The van der Waals surface area contributed by atoms with Gasteiger partial charge in [-0.1, -0.05) is 0 Å². The van der Waals surface area contributed by atoms with Crippen LogP contribution in [-0.4, -0.2) is 58.2 Å². The molecule has 13 heteroatoms. The average Bonchev–Trinajstić information content (AvgIpc) is 3.23. The van der Waals surface area contributed by atoms with Gasteiger partial charge in [-0.05, 0) is 18.9 Å². The molecular formula is C18H24N4O9. The van der Waals surface area contributed by atoms with Gasteiger partial charge in [-0.15, -0.1) is 0 Å². The average molecular weight is 440 g/mol. The van der Waals surface area contributed by atoms with Crippen LogP contribution in [0.3, 0.4) is 0 Å². The third-order valence-corrected chi connectivity index (χ3v) is 4.32. The van der Waals surface area contributed by atoms with Gasteiger partial charge >= 0.3 is 17.6 Å². The minimum absolute atomic E-state index is 0.00688. The quantitative estimate of drug-likeness (QED) is 0.324. The van der Waals surface area contributed by atoms with Crippen LogP contribution in [0.4, 0.5) is 5.82 Å². The Morgan fingerprint density at radius 1 is 1.16 bits per heavy atom. The Morgan fingerprint density at radius 3 is 2.52 bits per heavy atom. The Labute approximate surface area is 176 Å². The number of hydroxylamine groups is 1. The van der Waals surface area contributed by atoms with Crippen molar-refractivity contribution in [3.63, 3.8) is 0 Å². The summed E-state index contributed by atoms with van der Waals surface area (Å²) >= 11 is 0. The standard InChI is InChI=1S/C18H24N4O9/c1-29-16(26)6-4-14(25)21-31-17(27)7-3-13(24)19-12-8-9-22(18(28)20-12)15-5-2-11(10-23)30-15/h8-9,11,15,23H,2-7,10H2,1H3,(H,21,25)(H,19,20,24,28)/t11-,15+/m0/s1. The molecule has 1 saturated heterocycles. The van der Waals surface area contributed by atoms with Crippen molar-refractivity contribution in [1.82, 2.24) is 15.0 Å². The van der Waals surface area contributed by atoms with Crippen molar-refractivity contribution in [2.75, 3.05) is 19.0 Å². The van der Waals surface area contributed by atoms with Crippen LogP contribution < -0.4 is 16.5 Å². The number of hydrogen-bond acceptors (Lipinski definition) is 10. The summed E-state index contributed by atoms with van der Waals surface area (Å²) in [5.74, 6) is -2.71. The van der Waals surface area contributed by atoms with Gasteiger partial charge in [0.05, 0.1) is 32.7 Å². The van der Waals surface area contributed by atoms with Crippen LogP contribution in [0.2, 0.25) is 0 Å². The maximum Gasteiger partial charge on any atom is 0.351 e. The zero-order valence-corrected chi connectivity index (χ0v) is 16.9. The predicted octanol–water partition coefficient (Wildman–Crippen LogP) is -0.840. The maximum atomic E-state index is 12.1. The fourth-order valence-electron chi connectivity index (χ4n) is 2.68. The van der Waals surface area contributed by atoms with Gasteiger partial charge in [-0.2, -0.15) is 10.5 Å². The Balaban J connectivity index is 1.73. The Kier molecular flexibility index (Phi) is 9.09. The highest BCUT2D eigenvalue weighted by Gasteiger charge is 2.26. The van der Waals surface area contributed by atoms with E-state index < -0.39 is 35.7 Å². The molecule has 0 aliphatic carbocycles. The molecule has 0 bridgehead atoms. The summed E-state index contributed by atoms with van der Waals surface area (Å²) in [6, 6.07) is 1.41. The fourth-order valence-corrected chi connectivity index (χ4v) is 2.68. The number of rotatable bonds is 9. The van der Waals surface area contributed by atoms with Crippen molar-refractivity contribution in [3.8, 4) is 0 Å². The van der Waals surface area contributed by atoms with Crippen molar-refractivity contribution in [1.29, 1.82) is 0 Å². The maximum absolute atomic E-state index is 12.1. The van der Waals surface area contributed by atoms with Gasteiger partial charge in [0.1, 0.15) is 12.0 Å². The number of aliphatic hydroxyl groups excluding tert-OH is 1. The Morgan fingerprint density at radius 2 is 1.87 bits per heavy atom. The number of aliphatic hydroxyl groups is 1. The summed E-state index contributed by atoms with van der Waals surface area (Å²) < 4.78 is 11.2. The number of nitrogens with zero attached hydrogens (tertiary/aromatic N) is 2. The van der Waals surface area contributed by atoms with E-state index in [9.17, 15) is 24.0 Å². The third kappa shape index (κ3) is 7.79. The molecule has 1 aliphatic rings. The summed E-state index contributed by atoms with van der Waals surface area (Å²) in [6.45, 7) is -0.133. The molecule has 0 aromatic carbocycles.